The number of nitrogens with zero attached hydrogens (tertiary/aromatic N) is 2. The number of ether oxygens (including phenoxy) is 2. The lowest BCUT2D eigenvalue weighted by Gasteiger charge is -2.10. The molecule has 2 aromatic rings. The highest BCUT2D eigenvalue weighted by atomic mass is 32.1. The molecular formula is C23H29F3N6O4S. The molecule has 0 aliphatic carbocycles. The molecule has 0 saturated heterocycles. The summed E-state index contributed by atoms with van der Waals surface area (Å²) in [5, 5.41) is 14.1. The molecule has 0 unspecified atom stereocenters. The van der Waals surface area contributed by atoms with Gasteiger partial charge in [0, 0.05) is 25.8 Å². The summed E-state index contributed by atoms with van der Waals surface area (Å²) in [6.07, 6.45) is 0.771. The number of aryl methyl sites for hydroxylation is 1. The van der Waals surface area contributed by atoms with Crippen LogP contribution in [0.2, 0.25) is 0 Å². The Kier molecular flexibility index (Phi) is 11.8. The van der Waals surface area contributed by atoms with Gasteiger partial charge in [0.25, 0.3) is 5.91 Å². The predicted octanol–water partition coefficient (Wildman–Crippen LogP) is 2.53. The fraction of sp³-hybridized carbons (Fsp3) is 0.391. The van der Waals surface area contributed by atoms with E-state index in [9.17, 15) is 22.8 Å². The molecule has 6 N–H and O–H groups in total. The fourth-order valence-corrected chi connectivity index (χ4v) is 3.76. The number of rotatable bonds is 14. The van der Waals surface area contributed by atoms with Crippen molar-refractivity contribution >= 4 is 23.2 Å². The van der Waals surface area contributed by atoms with Gasteiger partial charge >= 0.3 is 6.36 Å². The molecule has 10 nitrogen and oxygen atoms in total. The van der Waals surface area contributed by atoms with Gasteiger partial charge in [0.15, 0.2) is 0 Å². The van der Waals surface area contributed by atoms with E-state index in [0.717, 1.165) is 30.0 Å². The zero-order valence-corrected chi connectivity index (χ0v) is 21.0. The summed E-state index contributed by atoms with van der Waals surface area (Å²) in [6, 6.07) is 5.13. The SMILES string of the molecule is COCCNC(=O)c1nnc(CCCC/C(N)=C/C=C(\N)NC(=O)Cc2cccc(OC(F)(F)F)c2)s1. The van der Waals surface area contributed by atoms with E-state index in [1.54, 1.807) is 13.2 Å². The molecule has 0 atom stereocenters. The molecule has 14 heteroatoms. The second-order valence-electron chi connectivity index (χ2n) is 7.74. The van der Waals surface area contributed by atoms with E-state index in [1.807, 2.05) is 0 Å². The molecule has 2 rings (SSSR count). The molecule has 0 aliphatic rings. The largest absolute Gasteiger partial charge is 0.573 e. The summed E-state index contributed by atoms with van der Waals surface area (Å²) in [5.74, 6) is -1.16. The van der Waals surface area contributed by atoms with Gasteiger partial charge in [-0.2, -0.15) is 0 Å². The summed E-state index contributed by atoms with van der Waals surface area (Å²) in [6.45, 7) is 0.811. The number of hydrogen-bond acceptors (Lipinski definition) is 9. The van der Waals surface area contributed by atoms with E-state index >= 15 is 0 Å². The highest BCUT2D eigenvalue weighted by molar-refractivity contribution is 7.13. The lowest BCUT2D eigenvalue weighted by atomic mass is 10.1. The minimum atomic E-state index is -4.82. The van der Waals surface area contributed by atoms with Crippen molar-refractivity contribution in [2.45, 2.75) is 38.5 Å². The van der Waals surface area contributed by atoms with Crippen LogP contribution in [0.4, 0.5) is 13.2 Å². The van der Waals surface area contributed by atoms with Gasteiger partial charge in [-0.25, -0.2) is 0 Å². The molecule has 1 heterocycles. The van der Waals surface area contributed by atoms with Gasteiger partial charge in [0.1, 0.15) is 16.6 Å². The monoisotopic (exact) mass is 542 g/mol. The van der Waals surface area contributed by atoms with E-state index < -0.39 is 18.0 Å². The Balaban J connectivity index is 1.72. The predicted molar refractivity (Wildman–Crippen MR) is 131 cm³/mol. The standard InChI is InChI=1S/C23H29F3N6O4S/c1-35-12-11-29-21(34)22-32-31-20(37-22)8-3-2-6-16(27)9-10-18(28)30-19(33)14-15-5-4-7-17(13-15)36-23(24,25)26/h4-5,7,9-10,13H,2-3,6,8,11-12,14,27-28H2,1H3,(H,29,34)(H,30,33)/b16-9-,18-10+. The molecule has 202 valence electrons. The molecular weight excluding hydrogens is 513 g/mol. The zero-order chi connectivity index (χ0) is 27.3. The number of hydrogen-bond donors (Lipinski definition) is 4. The molecule has 1 aromatic heterocycles. The average molecular weight is 543 g/mol. The Morgan fingerprint density at radius 3 is 2.68 bits per heavy atom. The summed E-state index contributed by atoms with van der Waals surface area (Å²) >= 11 is 1.24. The van der Waals surface area contributed by atoms with Crippen molar-refractivity contribution < 1.29 is 32.2 Å². The van der Waals surface area contributed by atoms with E-state index in [0.29, 0.717) is 42.3 Å². The molecule has 0 saturated carbocycles. The van der Waals surface area contributed by atoms with Crippen LogP contribution in [0, 0.1) is 0 Å². The first-order valence-corrected chi connectivity index (χ1v) is 12.0. The molecule has 0 fully saturated rings. The van der Waals surface area contributed by atoms with Gasteiger partial charge in [0.05, 0.1) is 13.0 Å². The van der Waals surface area contributed by atoms with Crippen molar-refractivity contribution in [3.63, 3.8) is 0 Å². The second kappa shape index (κ2) is 14.8. The number of unbranched alkanes of at least 4 members (excludes halogenated alkanes) is 1. The maximum atomic E-state index is 12.3. The third-order valence-electron chi connectivity index (χ3n) is 4.62. The minimum Gasteiger partial charge on any atom is -0.406 e. The smallest absolute Gasteiger partial charge is 0.406 e. The highest BCUT2D eigenvalue weighted by Crippen LogP contribution is 2.23. The van der Waals surface area contributed by atoms with Crippen molar-refractivity contribution in [1.82, 2.24) is 20.8 Å². The maximum Gasteiger partial charge on any atom is 0.573 e. The van der Waals surface area contributed by atoms with Crippen molar-refractivity contribution in [3.05, 3.63) is 63.5 Å². The van der Waals surface area contributed by atoms with Crippen molar-refractivity contribution in [1.29, 1.82) is 0 Å². The summed E-state index contributed by atoms with van der Waals surface area (Å²) in [7, 11) is 1.55. The molecule has 1 aromatic carbocycles. The molecule has 0 bridgehead atoms. The van der Waals surface area contributed by atoms with Crippen LogP contribution >= 0.6 is 11.3 Å². The number of methoxy groups -OCH3 is 1. The van der Waals surface area contributed by atoms with Gasteiger partial charge in [-0.3, -0.25) is 9.59 Å². The number of aromatic nitrogens is 2. The van der Waals surface area contributed by atoms with Crippen LogP contribution in [-0.4, -0.2) is 48.6 Å². The van der Waals surface area contributed by atoms with Gasteiger partial charge in [0.2, 0.25) is 10.9 Å². The number of alkyl halides is 3. The van der Waals surface area contributed by atoms with Gasteiger partial charge in [-0.05, 0) is 49.1 Å². The molecule has 2 amide bonds. The number of allylic oxidation sites excluding steroid dienone is 3. The first-order chi connectivity index (χ1) is 17.6. The third kappa shape index (κ3) is 12.2. The molecule has 37 heavy (non-hydrogen) atoms. The van der Waals surface area contributed by atoms with Crippen LogP contribution in [0.3, 0.4) is 0 Å². The van der Waals surface area contributed by atoms with Crippen LogP contribution in [0.1, 0.15) is 39.6 Å². The van der Waals surface area contributed by atoms with Crippen LogP contribution in [0.15, 0.2) is 47.9 Å². The van der Waals surface area contributed by atoms with Crippen molar-refractivity contribution in [2.75, 3.05) is 20.3 Å². The summed E-state index contributed by atoms with van der Waals surface area (Å²) < 4.78 is 45.8. The van der Waals surface area contributed by atoms with Gasteiger partial charge < -0.3 is 31.6 Å². The summed E-state index contributed by atoms with van der Waals surface area (Å²) in [4.78, 5) is 24.1. The maximum absolute atomic E-state index is 12.3. The summed E-state index contributed by atoms with van der Waals surface area (Å²) in [5.41, 5.74) is 12.6. The highest BCUT2D eigenvalue weighted by Gasteiger charge is 2.31. The Labute approximate surface area is 215 Å². The fourth-order valence-electron chi connectivity index (χ4n) is 2.96. The number of carbonyl (C=O) groups excluding carboxylic acids is 2. The van der Waals surface area contributed by atoms with Crippen LogP contribution in [-0.2, 0) is 22.4 Å². The lowest BCUT2D eigenvalue weighted by molar-refractivity contribution is -0.274. The average Bonchev–Trinajstić information content (AvgIpc) is 3.29. The number of benzene rings is 1. The van der Waals surface area contributed by atoms with Crippen LogP contribution in [0.25, 0.3) is 0 Å². The Morgan fingerprint density at radius 1 is 1.16 bits per heavy atom. The first-order valence-electron chi connectivity index (χ1n) is 11.2. The van der Waals surface area contributed by atoms with Gasteiger partial charge in [-0.1, -0.05) is 23.5 Å². The minimum absolute atomic E-state index is 0.0424. The zero-order valence-electron chi connectivity index (χ0n) is 20.1. The van der Waals surface area contributed by atoms with E-state index in [-0.39, 0.29) is 18.1 Å². The Hall–Kier alpha value is -3.65. The second-order valence-corrected chi connectivity index (χ2v) is 8.80. The van der Waals surface area contributed by atoms with E-state index in [2.05, 4.69) is 25.6 Å². The molecule has 0 spiro atoms. The number of nitrogens with two attached hydrogens (primary N) is 2. The first kappa shape index (κ1) is 29.6. The number of carbonyl (C=O) groups is 2. The van der Waals surface area contributed by atoms with E-state index in [4.69, 9.17) is 16.2 Å². The number of amides is 2. The quantitative estimate of drug-likeness (QED) is 0.210. The van der Waals surface area contributed by atoms with Gasteiger partial charge in [-0.15, -0.1) is 23.4 Å². The molecule has 0 aliphatic heterocycles. The Morgan fingerprint density at radius 2 is 1.95 bits per heavy atom. The number of nitrogens with one attached hydrogen (secondary N) is 2. The van der Waals surface area contributed by atoms with Crippen molar-refractivity contribution in [2.24, 2.45) is 11.5 Å². The lowest BCUT2D eigenvalue weighted by Crippen LogP contribution is -2.28. The third-order valence-corrected chi connectivity index (χ3v) is 5.60. The Bertz CT molecular complexity index is 1100. The molecule has 0 radical (unpaired) electrons. The normalized spacial score (nSPS) is 12.3. The van der Waals surface area contributed by atoms with Crippen molar-refractivity contribution in [3.8, 4) is 5.75 Å². The van der Waals surface area contributed by atoms with E-state index in [1.165, 1.54) is 29.5 Å². The topological polar surface area (TPSA) is 154 Å². The van der Waals surface area contributed by atoms with Crippen LogP contribution < -0.4 is 26.8 Å². The van der Waals surface area contributed by atoms with Crippen LogP contribution in [0.5, 0.6) is 5.75 Å². The number of halogens is 3.